The normalized spacial score (nSPS) is 11.8. The molecule has 1 amide bonds. The molecule has 0 heterocycles. The molecule has 1 rings (SSSR count). The van der Waals surface area contributed by atoms with Crippen LogP contribution in [0.4, 0.5) is 0 Å². The zero-order valence-electron chi connectivity index (χ0n) is 11.5. The molecule has 20 heavy (non-hydrogen) atoms. The number of rotatable bonds is 9. The van der Waals surface area contributed by atoms with Gasteiger partial charge in [0.25, 0.3) is 0 Å². The smallest absolute Gasteiger partial charge is 0.303 e. The molecule has 6 heteroatoms. The summed E-state index contributed by atoms with van der Waals surface area (Å²) < 4.78 is 5.13. The fourth-order valence-electron chi connectivity index (χ4n) is 1.83. The Hall–Kier alpha value is -2.08. The highest BCUT2D eigenvalue weighted by Crippen LogP contribution is 2.12. The summed E-state index contributed by atoms with van der Waals surface area (Å²) >= 11 is 0. The molecule has 0 aliphatic heterocycles. The number of hydrogen-bond acceptors (Lipinski definition) is 4. The topological polar surface area (TPSA) is 102 Å². The lowest BCUT2D eigenvalue weighted by Crippen LogP contribution is -2.42. The second-order valence-corrected chi connectivity index (χ2v) is 4.44. The van der Waals surface area contributed by atoms with Crippen LogP contribution in [-0.4, -0.2) is 36.7 Å². The van der Waals surface area contributed by atoms with Gasteiger partial charge in [-0.25, -0.2) is 0 Å². The van der Waals surface area contributed by atoms with Gasteiger partial charge in [-0.3, -0.25) is 9.59 Å². The molecule has 0 saturated carbocycles. The number of nitrogens with one attached hydrogen (secondary N) is 1. The van der Waals surface area contributed by atoms with E-state index in [-0.39, 0.29) is 12.8 Å². The molecule has 1 aromatic rings. The van der Waals surface area contributed by atoms with E-state index in [9.17, 15) is 9.59 Å². The van der Waals surface area contributed by atoms with E-state index < -0.39 is 17.9 Å². The summed E-state index contributed by atoms with van der Waals surface area (Å²) in [5.41, 5.74) is 6.30. The molecular formula is C14H20N2O4. The zero-order valence-corrected chi connectivity index (χ0v) is 11.5. The van der Waals surface area contributed by atoms with Crippen molar-refractivity contribution in [1.82, 2.24) is 5.32 Å². The number of amides is 1. The third kappa shape index (κ3) is 5.71. The van der Waals surface area contributed by atoms with Crippen molar-refractivity contribution in [3.05, 3.63) is 29.8 Å². The lowest BCUT2D eigenvalue weighted by molar-refractivity contribution is -0.137. The molecule has 0 radical (unpaired) electrons. The number of methoxy groups -OCH3 is 1. The SMILES string of the molecule is COc1cccc(CCN[C@@H](CCC(=O)O)C(N)=O)c1. The summed E-state index contributed by atoms with van der Waals surface area (Å²) in [7, 11) is 1.60. The Morgan fingerprint density at radius 3 is 2.80 bits per heavy atom. The van der Waals surface area contributed by atoms with Crippen molar-refractivity contribution in [2.45, 2.75) is 25.3 Å². The number of carboxylic acid groups (broad SMARTS) is 1. The molecule has 0 aliphatic carbocycles. The molecule has 0 spiro atoms. The zero-order chi connectivity index (χ0) is 15.0. The fraction of sp³-hybridized carbons (Fsp3) is 0.429. The second-order valence-electron chi connectivity index (χ2n) is 4.44. The van der Waals surface area contributed by atoms with Gasteiger partial charge in [-0.05, 0) is 37.1 Å². The molecular weight excluding hydrogens is 260 g/mol. The number of carboxylic acids is 1. The first-order valence-electron chi connectivity index (χ1n) is 6.40. The van der Waals surface area contributed by atoms with Gasteiger partial charge in [-0.15, -0.1) is 0 Å². The van der Waals surface area contributed by atoms with E-state index in [4.69, 9.17) is 15.6 Å². The minimum absolute atomic E-state index is 0.0836. The number of carbonyl (C=O) groups is 2. The van der Waals surface area contributed by atoms with Crippen molar-refractivity contribution in [2.24, 2.45) is 5.73 Å². The van der Waals surface area contributed by atoms with Crippen molar-refractivity contribution in [3.63, 3.8) is 0 Å². The number of primary amides is 1. The summed E-state index contributed by atoms with van der Waals surface area (Å²) in [6, 6.07) is 7.01. The number of carbonyl (C=O) groups excluding carboxylic acids is 1. The first kappa shape index (κ1) is 16.0. The van der Waals surface area contributed by atoms with Crippen LogP contribution in [0.5, 0.6) is 5.75 Å². The van der Waals surface area contributed by atoms with Gasteiger partial charge in [0.05, 0.1) is 13.2 Å². The Morgan fingerprint density at radius 2 is 2.20 bits per heavy atom. The summed E-state index contributed by atoms with van der Waals surface area (Å²) in [4.78, 5) is 21.7. The maximum absolute atomic E-state index is 11.2. The van der Waals surface area contributed by atoms with Gasteiger partial charge in [0.1, 0.15) is 5.75 Å². The van der Waals surface area contributed by atoms with Crippen LogP contribution in [0.25, 0.3) is 0 Å². The Bertz CT molecular complexity index is 462. The van der Waals surface area contributed by atoms with Crippen LogP contribution >= 0.6 is 0 Å². The van der Waals surface area contributed by atoms with Crippen LogP contribution in [0.1, 0.15) is 18.4 Å². The Kier molecular flexibility index (Phi) is 6.52. The molecule has 4 N–H and O–H groups in total. The van der Waals surface area contributed by atoms with Crippen LogP contribution in [0.2, 0.25) is 0 Å². The number of benzene rings is 1. The summed E-state index contributed by atoms with van der Waals surface area (Å²) in [6.45, 7) is 0.542. The van der Waals surface area contributed by atoms with Crippen molar-refractivity contribution in [3.8, 4) is 5.75 Å². The van der Waals surface area contributed by atoms with E-state index >= 15 is 0 Å². The summed E-state index contributed by atoms with van der Waals surface area (Å²) in [5.74, 6) is -0.692. The quantitative estimate of drug-likeness (QED) is 0.613. The maximum Gasteiger partial charge on any atom is 0.303 e. The first-order valence-corrected chi connectivity index (χ1v) is 6.40. The summed E-state index contributed by atoms with van der Waals surface area (Å²) in [6.07, 6.45) is 0.816. The highest BCUT2D eigenvalue weighted by molar-refractivity contribution is 5.80. The van der Waals surface area contributed by atoms with Gasteiger partial charge < -0.3 is 20.9 Å². The predicted molar refractivity (Wildman–Crippen MR) is 74.6 cm³/mol. The van der Waals surface area contributed by atoms with Crippen LogP contribution in [0.15, 0.2) is 24.3 Å². The molecule has 0 unspecified atom stereocenters. The van der Waals surface area contributed by atoms with Gasteiger partial charge in [0.15, 0.2) is 0 Å². The van der Waals surface area contributed by atoms with Crippen LogP contribution < -0.4 is 15.8 Å². The van der Waals surface area contributed by atoms with E-state index in [0.717, 1.165) is 11.3 Å². The standard InChI is InChI=1S/C14H20N2O4/c1-20-11-4-2-3-10(9-11)7-8-16-12(14(15)19)5-6-13(17)18/h2-4,9,12,16H,5-8H2,1H3,(H2,15,19)(H,17,18)/t12-/m0/s1. The minimum Gasteiger partial charge on any atom is -0.497 e. The van der Waals surface area contributed by atoms with E-state index in [1.807, 2.05) is 24.3 Å². The average molecular weight is 280 g/mol. The molecule has 0 aromatic heterocycles. The largest absolute Gasteiger partial charge is 0.497 e. The van der Waals surface area contributed by atoms with E-state index in [1.165, 1.54) is 0 Å². The lowest BCUT2D eigenvalue weighted by Gasteiger charge is -2.14. The van der Waals surface area contributed by atoms with Gasteiger partial charge >= 0.3 is 5.97 Å². The third-order valence-electron chi connectivity index (χ3n) is 2.93. The van der Waals surface area contributed by atoms with Gasteiger partial charge in [0, 0.05) is 6.42 Å². The van der Waals surface area contributed by atoms with Gasteiger partial charge in [-0.1, -0.05) is 12.1 Å². The van der Waals surface area contributed by atoms with Gasteiger partial charge in [-0.2, -0.15) is 0 Å². The van der Waals surface area contributed by atoms with Crippen LogP contribution in [-0.2, 0) is 16.0 Å². The second kappa shape index (κ2) is 8.16. The van der Waals surface area contributed by atoms with Crippen LogP contribution in [0.3, 0.4) is 0 Å². The lowest BCUT2D eigenvalue weighted by atomic mass is 10.1. The number of hydrogen-bond donors (Lipinski definition) is 3. The molecule has 1 aromatic carbocycles. The van der Waals surface area contributed by atoms with Gasteiger partial charge in [0.2, 0.25) is 5.91 Å². The molecule has 0 fully saturated rings. The molecule has 0 saturated heterocycles. The van der Waals surface area contributed by atoms with Crippen molar-refractivity contribution in [2.75, 3.05) is 13.7 Å². The third-order valence-corrected chi connectivity index (χ3v) is 2.93. The average Bonchev–Trinajstić information content (AvgIpc) is 2.42. The van der Waals surface area contributed by atoms with Crippen molar-refractivity contribution >= 4 is 11.9 Å². The first-order chi connectivity index (χ1) is 9.52. The maximum atomic E-state index is 11.2. The predicted octanol–water partition coefficient (Wildman–Crippen LogP) is 0.546. The van der Waals surface area contributed by atoms with Crippen LogP contribution in [0, 0.1) is 0 Å². The van der Waals surface area contributed by atoms with Crippen molar-refractivity contribution in [1.29, 1.82) is 0 Å². The number of ether oxygens (including phenoxy) is 1. The molecule has 6 nitrogen and oxygen atoms in total. The molecule has 110 valence electrons. The Balaban J connectivity index is 2.43. The minimum atomic E-state index is -0.939. The summed E-state index contributed by atoms with van der Waals surface area (Å²) in [5, 5.41) is 11.6. The van der Waals surface area contributed by atoms with E-state index in [1.54, 1.807) is 7.11 Å². The highest BCUT2D eigenvalue weighted by Gasteiger charge is 2.15. The highest BCUT2D eigenvalue weighted by atomic mass is 16.5. The number of aliphatic carboxylic acids is 1. The molecule has 1 atom stereocenters. The molecule has 0 aliphatic rings. The fourth-order valence-corrected chi connectivity index (χ4v) is 1.83. The molecule has 0 bridgehead atoms. The van der Waals surface area contributed by atoms with Crippen molar-refractivity contribution < 1.29 is 19.4 Å². The van der Waals surface area contributed by atoms with E-state index in [0.29, 0.717) is 13.0 Å². The Morgan fingerprint density at radius 1 is 1.45 bits per heavy atom. The Labute approximate surface area is 117 Å². The van der Waals surface area contributed by atoms with E-state index in [2.05, 4.69) is 5.32 Å². The monoisotopic (exact) mass is 280 g/mol. The number of nitrogens with two attached hydrogens (primary N) is 1.